The average Bonchev–Trinajstić information content (AvgIpc) is 2.31. The summed E-state index contributed by atoms with van der Waals surface area (Å²) in [5.41, 5.74) is 6.31. The number of nitrogen functional groups attached to an aromatic ring is 1. The predicted molar refractivity (Wildman–Crippen MR) is 77.0 cm³/mol. The minimum atomic E-state index is -3.19. The number of nitrogens with zero attached hydrogens (tertiary/aromatic N) is 2. The van der Waals surface area contributed by atoms with Crippen molar-refractivity contribution in [2.75, 3.05) is 34.9 Å². The molecule has 1 fully saturated rings. The number of hydrogen-bond acceptors (Lipinski definition) is 6. The molecule has 2 N–H and O–H groups in total. The Hall–Kier alpha value is -0.660. The van der Waals surface area contributed by atoms with Crippen LogP contribution in [0.3, 0.4) is 0 Å². The molecule has 0 bridgehead atoms. The molecular weight excluding hydrogens is 294 g/mol. The highest BCUT2D eigenvalue weighted by Gasteiger charge is 2.32. The number of sulfone groups is 1. The Morgan fingerprint density at radius 2 is 2.28 bits per heavy atom. The molecule has 18 heavy (non-hydrogen) atoms. The molecule has 1 unspecified atom stereocenters. The van der Waals surface area contributed by atoms with Crippen molar-refractivity contribution in [2.24, 2.45) is 0 Å². The first-order valence-electron chi connectivity index (χ1n) is 5.35. The Morgan fingerprint density at radius 1 is 1.56 bits per heavy atom. The highest BCUT2D eigenvalue weighted by molar-refractivity contribution is 8.01. The van der Waals surface area contributed by atoms with Crippen LogP contribution in [0.2, 0.25) is 5.15 Å². The van der Waals surface area contributed by atoms with Crippen molar-refractivity contribution in [3.05, 3.63) is 17.3 Å². The van der Waals surface area contributed by atoms with Gasteiger partial charge in [0.1, 0.15) is 10.5 Å². The molecule has 8 heteroatoms. The van der Waals surface area contributed by atoms with Gasteiger partial charge in [0.2, 0.25) is 0 Å². The second-order valence-electron chi connectivity index (χ2n) is 4.10. The van der Waals surface area contributed by atoms with Crippen LogP contribution in [0.5, 0.6) is 0 Å². The quantitative estimate of drug-likeness (QED) is 0.829. The van der Waals surface area contributed by atoms with Crippen LogP contribution >= 0.6 is 23.4 Å². The Balaban J connectivity index is 2.43. The molecule has 1 aromatic heterocycles. The Kier molecular flexibility index (Phi) is 3.93. The first-order valence-corrected chi connectivity index (χ1v) is 8.83. The van der Waals surface area contributed by atoms with Gasteiger partial charge in [0.25, 0.3) is 0 Å². The molecule has 1 aromatic rings. The van der Waals surface area contributed by atoms with Gasteiger partial charge >= 0.3 is 0 Å². The van der Waals surface area contributed by atoms with E-state index in [1.807, 2.05) is 0 Å². The third kappa shape index (κ3) is 2.84. The maximum absolute atomic E-state index is 11.8. The summed E-state index contributed by atoms with van der Waals surface area (Å²) in [7, 11) is -3.19. The van der Waals surface area contributed by atoms with Gasteiger partial charge in [-0.15, -0.1) is 0 Å². The largest absolute Gasteiger partial charge is 0.396 e. The molecule has 0 spiro atoms. The second kappa shape index (κ2) is 5.14. The van der Waals surface area contributed by atoms with Crippen LogP contribution in [0.4, 0.5) is 11.5 Å². The number of rotatable bonds is 2. The molecule has 0 aliphatic carbocycles. The number of pyridine rings is 1. The molecule has 100 valence electrons. The van der Waals surface area contributed by atoms with Crippen molar-refractivity contribution in [1.29, 1.82) is 0 Å². The van der Waals surface area contributed by atoms with E-state index in [1.165, 1.54) is 6.26 Å². The van der Waals surface area contributed by atoms with Gasteiger partial charge in [0.05, 0.1) is 5.69 Å². The summed E-state index contributed by atoms with van der Waals surface area (Å²) in [5.74, 6) is 1.82. The summed E-state index contributed by atoms with van der Waals surface area (Å²) in [5, 5.41) is -0.283. The fraction of sp³-hybridized carbons (Fsp3) is 0.500. The standard InChI is InChI=1S/C10H14ClN3O2S2/c1-18(15,16)9-6-17-5-4-14(9)10-7(12)2-3-8(11)13-10/h2-3,9H,4-6,12H2,1H3. The molecule has 0 radical (unpaired) electrons. The third-order valence-electron chi connectivity index (χ3n) is 2.72. The predicted octanol–water partition coefficient (Wildman–Crippen LogP) is 1.24. The molecule has 1 aliphatic heterocycles. The zero-order valence-electron chi connectivity index (χ0n) is 9.84. The van der Waals surface area contributed by atoms with Gasteiger partial charge in [-0.1, -0.05) is 11.6 Å². The van der Waals surface area contributed by atoms with Crippen molar-refractivity contribution in [3.8, 4) is 0 Å². The van der Waals surface area contributed by atoms with E-state index in [4.69, 9.17) is 17.3 Å². The topological polar surface area (TPSA) is 76.3 Å². The van der Waals surface area contributed by atoms with Gasteiger partial charge in [-0.25, -0.2) is 13.4 Å². The Morgan fingerprint density at radius 3 is 2.94 bits per heavy atom. The number of nitrogens with two attached hydrogens (primary N) is 1. The maximum Gasteiger partial charge on any atom is 0.169 e. The monoisotopic (exact) mass is 307 g/mol. The van der Waals surface area contributed by atoms with Crippen molar-refractivity contribution in [3.63, 3.8) is 0 Å². The lowest BCUT2D eigenvalue weighted by Gasteiger charge is -2.35. The zero-order chi connectivity index (χ0) is 13.3. The molecule has 1 saturated heterocycles. The number of aromatic nitrogens is 1. The van der Waals surface area contributed by atoms with E-state index in [-0.39, 0.29) is 0 Å². The number of hydrogen-bond donors (Lipinski definition) is 1. The van der Waals surface area contributed by atoms with Crippen molar-refractivity contribution >= 4 is 44.7 Å². The van der Waals surface area contributed by atoms with E-state index in [2.05, 4.69) is 4.98 Å². The summed E-state index contributed by atoms with van der Waals surface area (Å²) in [6.07, 6.45) is 1.23. The first kappa shape index (κ1) is 13.8. The molecule has 1 atom stereocenters. The van der Waals surface area contributed by atoms with Crippen LogP contribution in [-0.4, -0.2) is 43.1 Å². The lowest BCUT2D eigenvalue weighted by Crippen LogP contribution is -2.47. The highest BCUT2D eigenvalue weighted by atomic mass is 35.5. The molecule has 5 nitrogen and oxygen atoms in total. The molecule has 0 amide bonds. The van der Waals surface area contributed by atoms with E-state index in [0.717, 1.165) is 5.75 Å². The van der Waals surface area contributed by atoms with Crippen LogP contribution < -0.4 is 10.6 Å². The molecule has 2 heterocycles. The first-order chi connectivity index (χ1) is 8.39. The number of thioether (sulfide) groups is 1. The summed E-state index contributed by atoms with van der Waals surface area (Å²) in [4.78, 5) is 5.88. The van der Waals surface area contributed by atoms with Crippen LogP contribution in [0.1, 0.15) is 0 Å². The van der Waals surface area contributed by atoms with Crippen LogP contribution in [-0.2, 0) is 9.84 Å². The number of halogens is 1. The lowest BCUT2D eigenvalue weighted by atomic mass is 10.3. The third-order valence-corrected chi connectivity index (χ3v) is 5.58. The molecular formula is C10H14ClN3O2S2. The fourth-order valence-corrected chi connectivity index (χ4v) is 4.81. The maximum atomic E-state index is 11.8. The smallest absolute Gasteiger partial charge is 0.169 e. The van der Waals surface area contributed by atoms with Gasteiger partial charge in [-0.3, -0.25) is 0 Å². The van der Waals surface area contributed by atoms with E-state index < -0.39 is 15.2 Å². The fourth-order valence-electron chi connectivity index (χ4n) is 1.84. The van der Waals surface area contributed by atoms with Crippen LogP contribution in [0.15, 0.2) is 12.1 Å². The highest BCUT2D eigenvalue weighted by Crippen LogP contribution is 2.30. The molecule has 2 rings (SSSR count). The van der Waals surface area contributed by atoms with Crippen LogP contribution in [0, 0.1) is 0 Å². The zero-order valence-corrected chi connectivity index (χ0v) is 12.2. The van der Waals surface area contributed by atoms with E-state index in [1.54, 1.807) is 28.8 Å². The minimum absolute atomic E-state index is 0.310. The Bertz CT molecular complexity index is 550. The minimum Gasteiger partial charge on any atom is -0.396 e. The van der Waals surface area contributed by atoms with Crippen molar-refractivity contribution < 1.29 is 8.42 Å². The van der Waals surface area contributed by atoms with E-state index in [9.17, 15) is 8.42 Å². The normalized spacial score (nSPS) is 21.0. The molecule has 1 aliphatic rings. The van der Waals surface area contributed by atoms with Gasteiger partial charge < -0.3 is 10.6 Å². The van der Waals surface area contributed by atoms with Crippen LogP contribution in [0.25, 0.3) is 0 Å². The van der Waals surface area contributed by atoms with E-state index in [0.29, 0.717) is 29.0 Å². The SMILES string of the molecule is CS(=O)(=O)C1CSCCN1c1nc(Cl)ccc1N. The van der Waals surface area contributed by atoms with Gasteiger partial charge in [0.15, 0.2) is 15.7 Å². The number of anilines is 2. The lowest BCUT2D eigenvalue weighted by molar-refractivity contribution is 0.584. The van der Waals surface area contributed by atoms with Gasteiger partial charge in [0, 0.05) is 24.3 Å². The molecule has 0 aromatic carbocycles. The Labute approximate surface area is 116 Å². The summed E-state index contributed by atoms with van der Waals surface area (Å²) < 4.78 is 23.6. The van der Waals surface area contributed by atoms with Gasteiger partial charge in [-0.2, -0.15) is 11.8 Å². The van der Waals surface area contributed by atoms with Crippen molar-refractivity contribution in [2.45, 2.75) is 5.37 Å². The van der Waals surface area contributed by atoms with Gasteiger partial charge in [-0.05, 0) is 12.1 Å². The van der Waals surface area contributed by atoms with Crippen molar-refractivity contribution in [1.82, 2.24) is 4.98 Å². The molecule has 0 saturated carbocycles. The summed E-state index contributed by atoms with van der Waals surface area (Å²) in [6, 6.07) is 3.24. The average molecular weight is 308 g/mol. The summed E-state index contributed by atoms with van der Waals surface area (Å²) >= 11 is 7.47. The second-order valence-corrected chi connectivity index (χ2v) is 7.84. The van der Waals surface area contributed by atoms with E-state index >= 15 is 0 Å². The summed E-state index contributed by atoms with van der Waals surface area (Å²) in [6.45, 7) is 0.597.